The topological polar surface area (TPSA) is 83.5 Å². The maximum absolute atomic E-state index is 11.4. The molecule has 124 valence electrons. The molecule has 0 rings (SSSR count). The van der Waals surface area contributed by atoms with Gasteiger partial charge in [-0.15, -0.1) is 0 Å². The van der Waals surface area contributed by atoms with Gasteiger partial charge in [0.2, 0.25) is 5.91 Å². The van der Waals surface area contributed by atoms with E-state index in [1.165, 1.54) is 44.6 Å². The molecule has 2 N–H and O–H groups in total. The van der Waals surface area contributed by atoms with E-state index in [1.54, 1.807) is 0 Å². The molecule has 0 aromatic rings. The van der Waals surface area contributed by atoms with Crippen LogP contribution < -0.4 is 5.32 Å². The van der Waals surface area contributed by atoms with Crippen LogP contribution in [0.2, 0.25) is 0 Å². The van der Waals surface area contributed by atoms with Crippen LogP contribution in [0.1, 0.15) is 64.7 Å². The third kappa shape index (κ3) is 17.1. The number of unbranched alkanes of at least 4 members (excludes halogenated alkanes) is 7. The van der Waals surface area contributed by atoms with Gasteiger partial charge in [-0.3, -0.25) is 9.35 Å². The summed E-state index contributed by atoms with van der Waals surface area (Å²) < 4.78 is 29.4. The van der Waals surface area contributed by atoms with Crippen LogP contribution in [0.3, 0.4) is 0 Å². The van der Waals surface area contributed by atoms with E-state index in [4.69, 9.17) is 4.55 Å². The lowest BCUT2D eigenvalue weighted by molar-refractivity contribution is -0.116. The molecule has 0 aliphatic carbocycles. The van der Waals surface area contributed by atoms with Crippen LogP contribution in [-0.4, -0.2) is 31.2 Å². The second kappa shape index (κ2) is 12.8. The molecule has 0 bridgehead atoms. The fourth-order valence-electron chi connectivity index (χ4n) is 1.93. The van der Waals surface area contributed by atoms with Gasteiger partial charge in [0.25, 0.3) is 10.1 Å². The number of carbonyl (C=O) groups excluding carboxylic acids is 1. The lowest BCUT2D eigenvalue weighted by Crippen LogP contribution is -2.23. The Bertz CT molecular complexity index is 390. The number of amides is 1. The predicted molar refractivity (Wildman–Crippen MR) is 85.8 cm³/mol. The van der Waals surface area contributed by atoms with E-state index in [0.717, 1.165) is 12.8 Å². The fraction of sp³-hybridized carbons (Fsp3) is 0.800. The van der Waals surface area contributed by atoms with Crippen molar-refractivity contribution in [1.82, 2.24) is 5.32 Å². The molecule has 1 amide bonds. The van der Waals surface area contributed by atoms with E-state index in [2.05, 4.69) is 12.2 Å². The maximum atomic E-state index is 11.4. The number of hydrogen-bond acceptors (Lipinski definition) is 3. The van der Waals surface area contributed by atoms with Gasteiger partial charge in [-0.05, 0) is 25.3 Å². The number of carbonyl (C=O) groups is 1. The van der Waals surface area contributed by atoms with Crippen LogP contribution in [0.15, 0.2) is 12.2 Å². The molecule has 0 spiro atoms. The summed E-state index contributed by atoms with van der Waals surface area (Å²) in [6.07, 6.45) is 13.2. The first kappa shape index (κ1) is 20.1. The molecular weight excluding hydrogens is 290 g/mol. The standard InChI is InChI=1S/C15H29NO4S/c1-2-3-4-5-6-7-8-9-10-12-15(17)16-13-11-14-21(18,19)20/h10,12H,2-9,11,13-14H2,1H3,(H,16,17)(H,18,19,20)/b12-10+. The minimum atomic E-state index is -3.93. The zero-order chi connectivity index (χ0) is 16.0. The zero-order valence-electron chi connectivity index (χ0n) is 13.0. The summed E-state index contributed by atoms with van der Waals surface area (Å²) in [5, 5.41) is 2.58. The average Bonchev–Trinajstić information content (AvgIpc) is 2.41. The Morgan fingerprint density at radius 3 is 2.29 bits per heavy atom. The van der Waals surface area contributed by atoms with Crippen LogP contribution in [0.5, 0.6) is 0 Å². The summed E-state index contributed by atoms with van der Waals surface area (Å²) in [6.45, 7) is 2.46. The lowest BCUT2D eigenvalue weighted by atomic mass is 10.1. The Kier molecular flexibility index (Phi) is 12.3. The van der Waals surface area contributed by atoms with Crippen molar-refractivity contribution in [2.24, 2.45) is 0 Å². The quantitative estimate of drug-likeness (QED) is 0.310. The molecule has 0 fully saturated rings. The number of allylic oxidation sites excluding steroid dienone is 1. The second-order valence-electron chi connectivity index (χ2n) is 5.24. The number of nitrogens with one attached hydrogen (secondary N) is 1. The largest absolute Gasteiger partial charge is 0.353 e. The van der Waals surface area contributed by atoms with Crippen LogP contribution in [-0.2, 0) is 14.9 Å². The number of rotatable bonds is 13. The first-order valence-electron chi connectivity index (χ1n) is 7.85. The zero-order valence-corrected chi connectivity index (χ0v) is 13.8. The van der Waals surface area contributed by atoms with E-state index in [-0.39, 0.29) is 24.6 Å². The molecule has 21 heavy (non-hydrogen) atoms. The van der Waals surface area contributed by atoms with Gasteiger partial charge in [-0.2, -0.15) is 8.42 Å². The number of hydrogen-bond donors (Lipinski definition) is 2. The minimum Gasteiger partial charge on any atom is -0.353 e. The van der Waals surface area contributed by atoms with E-state index in [0.29, 0.717) is 0 Å². The van der Waals surface area contributed by atoms with Crippen LogP contribution >= 0.6 is 0 Å². The lowest BCUT2D eigenvalue weighted by Gasteiger charge is -2.01. The minimum absolute atomic E-state index is 0.215. The van der Waals surface area contributed by atoms with E-state index in [1.807, 2.05) is 6.08 Å². The summed E-state index contributed by atoms with van der Waals surface area (Å²) in [6, 6.07) is 0. The molecule has 0 atom stereocenters. The van der Waals surface area contributed by atoms with Gasteiger partial charge in [0.1, 0.15) is 0 Å². The monoisotopic (exact) mass is 319 g/mol. The molecular formula is C15H29NO4S. The van der Waals surface area contributed by atoms with Crippen molar-refractivity contribution < 1.29 is 17.8 Å². The summed E-state index contributed by atoms with van der Waals surface area (Å²) in [5.41, 5.74) is 0. The van der Waals surface area contributed by atoms with Crippen molar-refractivity contribution >= 4 is 16.0 Å². The van der Waals surface area contributed by atoms with Gasteiger partial charge in [0.05, 0.1) is 5.75 Å². The SMILES string of the molecule is CCCCCCCCC/C=C/C(=O)NCCCS(=O)(=O)O. The fourth-order valence-corrected chi connectivity index (χ4v) is 2.44. The van der Waals surface area contributed by atoms with Gasteiger partial charge in [0, 0.05) is 6.54 Å². The normalized spacial score (nSPS) is 11.9. The van der Waals surface area contributed by atoms with Crippen molar-refractivity contribution in [3.63, 3.8) is 0 Å². The summed E-state index contributed by atoms with van der Waals surface area (Å²) in [4.78, 5) is 11.4. The van der Waals surface area contributed by atoms with E-state index >= 15 is 0 Å². The highest BCUT2D eigenvalue weighted by atomic mass is 32.2. The molecule has 0 unspecified atom stereocenters. The molecule has 0 radical (unpaired) electrons. The summed E-state index contributed by atoms with van der Waals surface area (Å²) in [5.74, 6) is -0.539. The van der Waals surface area contributed by atoms with Gasteiger partial charge in [0.15, 0.2) is 0 Å². The highest BCUT2D eigenvalue weighted by Gasteiger charge is 2.03. The Morgan fingerprint density at radius 2 is 1.67 bits per heavy atom. The van der Waals surface area contributed by atoms with Crippen molar-refractivity contribution in [2.45, 2.75) is 64.7 Å². The Hall–Kier alpha value is -0.880. The Balaban J connectivity index is 3.42. The molecule has 0 aromatic heterocycles. The summed E-state index contributed by atoms with van der Waals surface area (Å²) in [7, 11) is -3.93. The molecule has 0 aliphatic rings. The van der Waals surface area contributed by atoms with Gasteiger partial charge in [-0.1, -0.05) is 51.5 Å². The van der Waals surface area contributed by atoms with Crippen LogP contribution in [0.4, 0.5) is 0 Å². The molecule has 5 nitrogen and oxygen atoms in total. The van der Waals surface area contributed by atoms with Gasteiger partial charge < -0.3 is 5.32 Å². The first-order valence-corrected chi connectivity index (χ1v) is 9.46. The maximum Gasteiger partial charge on any atom is 0.264 e. The second-order valence-corrected chi connectivity index (χ2v) is 6.82. The highest BCUT2D eigenvalue weighted by Crippen LogP contribution is 2.08. The van der Waals surface area contributed by atoms with E-state index < -0.39 is 10.1 Å². The highest BCUT2D eigenvalue weighted by molar-refractivity contribution is 7.85. The average molecular weight is 319 g/mol. The Morgan fingerprint density at radius 1 is 1.05 bits per heavy atom. The molecule has 0 heterocycles. The van der Waals surface area contributed by atoms with Crippen LogP contribution in [0.25, 0.3) is 0 Å². The molecule has 0 saturated heterocycles. The Labute approximate surface area is 128 Å². The van der Waals surface area contributed by atoms with Crippen molar-refractivity contribution in [3.05, 3.63) is 12.2 Å². The third-order valence-electron chi connectivity index (χ3n) is 3.12. The molecule has 0 aliphatic heterocycles. The smallest absolute Gasteiger partial charge is 0.264 e. The van der Waals surface area contributed by atoms with Gasteiger partial charge >= 0.3 is 0 Å². The van der Waals surface area contributed by atoms with E-state index in [9.17, 15) is 13.2 Å². The molecule has 6 heteroatoms. The molecule has 0 aromatic carbocycles. The van der Waals surface area contributed by atoms with Crippen molar-refractivity contribution in [2.75, 3.05) is 12.3 Å². The first-order chi connectivity index (χ1) is 9.95. The van der Waals surface area contributed by atoms with Crippen molar-refractivity contribution in [1.29, 1.82) is 0 Å². The predicted octanol–water partition coefficient (Wildman–Crippen LogP) is 3.08. The van der Waals surface area contributed by atoms with Crippen LogP contribution in [0, 0.1) is 0 Å². The van der Waals surface area contributed by atoms with Crippen molar-refractivity contribution in [3.8, 4) is 0 Å². The van der Waals surface area contributed by atoms with Gasteiger partial charge in [-0.25, -0.2) is 0 Å². The molecule has 0 saturated carbocycles. The third-order valence-corrected chi connectivity index (χ3v) is 3.93. The summed E-state index contributed by atoms with van der Waals surface area (Å²) >= 11 is 0.